The van der Waals surface area contributed by atoms with Crippen LogP contribution in [0.15, 0.2) is 17.6 Å². The van der Waals surface area contributed by atoms with Crippen LogP contribution in [-0.2, 0) is 18.4 Å². The fraction of sp³-hybridized carbons (Fsp3) is 0.500. The van der Waals surface area contributed by atoms with E-state index in [2.05, 4.69) is 15.4 Å². The van der Waals surface area contributed by atoms with Gasteiger partial charge >= 0.3 is 6.03 Å². The standard InChI is InChI=1S/C16H22N6O2S/c1-11-10-25-14(17-11)9-20(2)16(24)18-12-5-4-7-22(15(12)23)13-6-8-21(3)19-13/h6,8,10,12H,4-5,7,9H2,1-3H3,(H,18,24). The first-order chi connectivity index (χ1) is 11.9. The Balaban J connectivity index is 1.61. The maximum Gasteiger partial charge on any atom is 0.318 e. The van der Waals surface area contributed by atoms with Gasteiger partial charge in [0.15, 0.2) is 5.82 Å². The van der Waals surface area contributed by atoms with E-state index in [1.165, 1.54) is 11.3 Å². The largest absolute Gasteiger partial charge is 0.326 e. The first-order valence-electron chi connectivity index (χ1n) is 8.17. The third kappa shape index (κ3) is 3.98. The van der Waals surface area contributed by atoms with Crippen molar-refractivity contribution in [3.63, 3.8) is 0 Å². The number of carbonyl (C=O) groups excluding carboxylic acids is 2. The highest BCUT2D eigenvalue weighted by molar-refractivity contribution is 7.09. The van der Waals surface area contributed by atoms with E-state index >= 15 is 0 Å². The zero-order chi connectivity index (χ0) is 18.0. The number of hydrogen-bond acceptors (Lipinski definition) is 5. The molecule has 9 heteroatoms. The van der Waals surface area contributed by atoms with Crippen molar-refractivity contribution in [1.82, 2.24) is 25.0 Å². The summed E-state index contributed by atoms with van der Waals surface area (Å²) >= 11 is 1.52. The summed E-state index contributed by atoms with van der Waals surface area (Å²) in [4.78, 5) is 32.6. The van der Waals surface area contributed by atoms with Crippen LogP contribution in [0.3, 0.4) is 0 Å². The van der Waals surface area contributed by atoms with E-state index < -0.39 is 6.04 Å². The van der Waals surface area contributed by atoms with Crippen molar-refractivity contribution in [2.75, 3.05) is 18.5 Å². The van der Waals surface area contributed by atoms with Crippen LogP contribution in [0.25, 0.3) is 0 Å². The Hall–Kier alpha value is -2.42. The molecule has 0 bridgehead atoms. The highest BCUT2D eigenvalue weighted by Crippen LogP contribution is 2.19. The van der Waals surface area contributed by atoms with Gasteiger partial charge in [0.2, 0.25) is 0 Å². The lowest BCUT2D eigenvalue weighted by Gasteiger charge is -2.32. The van der Waals surface area contributed by atoms with Gasteiger partial charge in [-0.25, -0.2) is 9.78 Å². The molecule has 1 saturated heterocycles. The van der Waals surface area contributed by atoms with E-state index in [1.54, 1.807) is 33.8 Å². The van der Waals surface area contributed by atoms with E-state index in [4.69, 9.17) is 0 Å². The van der Waals surface area contributed by atoms with Gasteiger partial charge in [-0.2, -0.15) is 5.10 Å². The molecule has 1 aliphatic heterocycles. The molecular formula is C16H22N6O2S. The Labute approximate surface area is 150 Å². The molecule has 25 heavy (non-hydrogen) atoms. The van der Waals surface area contributed by atoms with Crippen LogP contribution >= 0.6 is 11.3 Å². The Morgan fingerprint density at radius 3 is 2.96 bits per heavy atom. The van der Waals surface area contributed by atoms with Crippen LogP contribution in [0, 0.1) is 6.92 Å². The first-order valence-corrected chi connectivity index (χ1v) is 9.05. The molecule has 2 aromatic rings. The molecule has 1 unspecified atom stereocenters. The van der Waals surface area contributed by atoms with Crippen molar-refractivity contribution in [3.8, 4) is 0 Å². The second kappa shape index (κ2) is 7.22. The lowest BCUT2D eigenvalue weighted by Crippen LogP contribution is -2.54. The van der Waals surface area contributed by atoms with Crippen molar-refractivity contribution in [2.24, 2.45) is 7.05 Å². The second-order valence-electron chi connectivity index (χ2n) is 6.22. The van der Waals surface area contributed by atoms with Gasteiger partial charge in [0.1, 0.15) is 11.0 Å². The van der Waals surface area contributed by atoms with Crippen molar-refractivity contribution in [3.05, 3.63) is 28.3 Å². The molecule has 3 heterocycles. The molecule has 134 valence electrons. The number of urea groups is 1. The smallest absolute Gasteiger partial charge is 0.318 e. The van der Waals surface area contributed by atoms with Crippen molar-refractivity contribution in [1.29, 1.82) is 0 Å². The van der Waals surface area contributed by atoms with Gasteiger partial charge in [-0.3, -0.25) is 14.4 Å². The molecule has 8 nitrogen and oxygen atoms in total. The highest BCUT2D eigenvalue weighted by atomic mass is 32.1. The van der Waals surface area contributed by atoms with Gasteiger partial charge in [-0.05, 0) is 19.8 Å². The minimum atomic E-state index is -0.524. The SMILES string of the molecule is Cc1csc(CN(C)C(=O)NC2CCCN(c3ccn(C)n3)C2=O)n1. The van der Waals surface area contributed by atoms with Crippen LogP contribution in [0.4, 0.5) is 10.6 Å². The minimum absolute atomic E-state index is 0.114. The van der Waals surface area contributed by atoms with Gasteiger partial charge in [-0.1, -0.05) is 0 Å². The van der Waals surface area contributed by atoms with E-state index in [0.717, 1.165) is 17.1 Å². The number of thiazole rings is 1. The zero-order valence-corrected chi connectivity index (χ0v) is 15.4. The number of aromatic nitrogens is 3. The van der Waals surface area contributed by atoms with E-state index in [9.17, 15) is 9.59 Å². The van der Waals surface area contributed by atoms with E-state index in [-0.39, 0.29) is 11.9 Å². The average Bonchev–Trinajstić information content (AvgIpc) is 3.17. The van der Waals surface area contributed by atoms with Crippen LogP contribution in [0.1, 0.15) is 23.5 Å². The van der Waals surface area contributed by atoms with E-state index in [0.29, 0.717) is 25.3 Å². The number of nitrogens with zero attached hydrogens (tertiary/aromatic N) is 5. The van der Waals surface area contributed by atoms with Crippen LogP contribution in [0.2, 0.25) is 0 Å². The number of carbonyl (C=O) groups is 2. The fourth-order valence-corrected chi connectivity index (χ4v) is 3.62. The number of hydrogen-bond donors (Lipinski definition) is 1. The number of aryl methyl sites for hydroxylation is 2. The normalized spacial score (nSPS) is 17.6. The lowest BCUT2D eigenvalue weighted by molar-refractivity contribution is -0.121. The van der Waals surface area contributed by atoms with Crippen LogP contribution in [0.5, 0.6) is 0 Å². The Morgan fingerprint density at radius 2 is 2.32 bits per heavy atom. The van der Waals surface area contributed by atoms with Gasteiger partial charge in [0.05, 0.1) is 6.54 Å². The van der Waals surface area contributed by atoms with Gasteiger partial charge < -0.3 is 10.2 Å². The number of rotatable bonds is 4. The predicted molar refractivity (Wildman–Crippen MR) is 95.4 cm³/mol. The third-order valence-corrected chi connectivity index (χ3v) is 5.05. The number of nitrogens with one attached hydrogen (secondary N) is 1. The highest BCUT2D eigenvalue weighted by Gasteiger charge is 2.32. The first kappa shape index (κ1) is 17.4. The molecule has 0 aromatic carbocycles. The lowest BCUT2D eigenvalue weighted by atomic mass is 10.1. The zero-order valence-electron chi connectivity index (χ0n) is 14.6. The van der Waals surface area contributed by atoms with Crippen LogP contribution < -0.4 is 10.2 Å². The molecular weight excluding hydrogens is 340 g/mol. The van der Waals surface area contributed by atoms with E-state index in [1.807, 2.05) is 19.4 Å². The number of amides is 3. The summed E-state index contributed by atoms with van der Waals surface area (Å²) in [6, 6.07) is 1.01. The maximum atomic E-state index is 12.7. The predicted octanol–water partition coefficient (Wildman–Crippen LogP) is 1.52. The third-order valence-electron chi connectivity index (χ3n) is 4.10. The molecule has 3 amide bonds. The van der Waals surface area contributed by atoms with Gasteiger partial charge in [0, 0.05) is 44.0 Å². The summed E-state index contributed by atoms with van der Waals surface area (Å²) in [7, 11) is 3.52. The molecule has 0 aliphatic carbocycles. The van der Waals surface area contributed by atoms with Crippen LogP contribution in [-0.4, -0.2) is 51.2 Å². The Kier molecular flexibility index (Phi) is 5.03. The summed E-state index contributed by atoms with van der Waals surface area (Å²) in [6.45, 7) is 2.97. The molecule has 1 N–H and O–H groups in total. The molecule has 0 saturated carbocycles. The molecule has 0 radical (unpaired) electrons. The quantitative estimate of drug-likeness (QED) is 0.894. The fourth-order valence-electron chi connectivity index (χ4n) is 2.79. The molecule has 2 aromatic heterocycles. The summed E-state index contributed by atoms with van der Waals surface area (Å²) in [5.74, 6) is 0.509. The molecule has 1 atom stereocenters. The average molecular weight is 362 g/mol. The van der Waals surface area contributed by atoms with Crippen molar-refractivity contribution < 1.29 is 9.59 Å². The topological polar surface area (TPSA) is 83.4 Å². The Bertz CT molecular complexity index is 770. The van der Waals surface area contributed by atoms with Gasteiger partial charge in [0.25, 0.3) is 5.91 Å². The van der Waals surface area contributed by atoms with Gasteiger partial charge in [-0.15, -0.1) is 11.3 Å². The summed E-state index contributed by atoms with van der Waals surface area (Å²) in [6.07, 6.45) is 3.26. The minimum Gasteiger partial charge on any atom is -0.326 e. The summed E-state index contributed by atoms with van der Waals surface area (Å²) < 4.78 is 1.66. The number of anilines is 1. The maximum absolute atomic E-state index is 12.7. The van der Waals surface area contributed by atoms with Crippen molar-refractivity contribution in [2.45, 2.75) is 32.4 Å². The number of piperidine rings is 1. The summed E-state index contributed by atoms with van der Waals surface area (Å²) in [5, 5.41) is 9.95. The van der Waals surface area contributed by atoms with Crippen molar-refractivity contribution >= 4 is 29.1 Å². The second-order valence-corrected chi connectivity index (χ2v) is 7.16. The molecule has 3 rings (SSSR count). The molecule has 0 spiro atoms. The Morgan fingerprint density at radius 1 is 1.52 bits per heavy atom. The molecule has 1 fully saturated rings. The summed E-state index contributed by atoms with van der Waals surface area (Å²) in [5.41, 5.74) is 0.947. The molecule has 1 aliphatic rings. The monoisotopic (exact) mass is 362 g/mol.